The maximum Gasteiger partial charge on any atom is 0.0718 e. The molecule has 1 aromatic rings. The van der Waals surface area contributed by atoms with Crippen LogP contribution in [-0.4, -0.2) is 19.8 Å². The van der Waals surface area contributed by atoms with Crippen molar-refractivity contribution in [3.8, 4) is 0 Å². The number of benzene rings is 1. The van der Waals surface area contributed by atoms with Crippen molar-refractivity contribution in [1.82, 2.24) is 0 Å². The zero-order valence-electron chi connectivity index (χ0n) is 8.73. The lowest BCUT2D eigenvalue weighted by molar-refractivity contribution is 0.157. The molecular formula is C12H17NO. The quantitative estimate of drug-likeness (QED) is 0.786. The molecule has 3 atom stereocenters. The smallest absolute Gasteiger partial charge is 0.0718 e. The van der Waals surface area contributed by atoms with E-state index in [1.165, 1.54) is 5.56 Å². The summed E-state index contributed by atoms with van der Waals surface area (Å²) >= 11 is 0. The van der Waals surface area contributed by atoms with Gasteiger partial charge in [-0.15, -0.1) is 0 Å². The van der Waals surface area contributed by atoms with Crippen LogP contribution in [0.5, 0.6) is 0 Å². The van der Waals surface area contributed by atoms with Crippen LogP contribution in [0.15, 0.2) is 30.3 Å². The summed E-state index contributed by atoms with van der Waals surface area (Å²) in [5.41, 5.74) is 7.20. The van der Waals surface area contributed by atoms with E-state index in [1.807, 2.05) is 6.07 Å². The topological polar surface area (TPSA) is 35.2 Å². The standard InChI is InChI=1S/C12H17NO/c1-12(9-6-4-3-5-7-9)10(8-13)11(12)14-2/h3-7,10-11H,8,13H2,1-2H3. The first kappa shape index (κ1) is 9.69. The summed E-state index contributed by atoms with van der Waals surface area (Å²) in [6.45, 7) is 2.93. The number of hydrogen-bond acceptors (Lipinski definition) is 2. The molecule has 0 amide bonds. The largest absolute Gasteiger partial charge is 0.380 e. The molecule has 76 valence electrons. The molecule has 2 heteroatoms. The van der Waals surface area contributed by atoms with Crippen molar-refractivity contribution < 1.29 is 4.74 Å². The highest BCUT2D eigenvalue weighted by Gasteiger charge is 2.61. The summed E-state index contributed by atoms with van der Waals surface area (Å²) in [6, 6.07) is 10.5. The first-order valence-corrected chi connectivity index (χ1v) is 5.03. The summed E-state index contributed by atoms with van der Waals surface area (Å²) in [5.74, 6) is 0.467. The normalized spacial score (nSPS) is 35.6. The van der Waals surface area contributed by atoms with Gasteiger partial charge in [0.15, 0.2) is 0 Å². The number of nitrogens with two attached hydrogens (primary N) is 1. The van der Waals surface area contributed by atoms with E-state index in [9.17, 15) is 0 Å². The van der Waals surface area contributed by atoms with E-state index >= 15 is 0 Å². The Morgan fingerprint density at radius 2 is 2.00 bits per heavy atom. The van der Waals surface area contributed by atoms with E-state index in [4.69, 9.17) is 10.5 Å². The van der Waals surface area contributed by atoms with Gasteiger partial charge in [0, 0.05) is 18.4 Å². The third-order valence-corrected chi connectivity index (χ3v) is 3.52. The number of ether oxygens (including phenoxy) is 1. The van der Waals surface area contributed by atoms with Crippen molar-refractivity contribution in [2.45, 2.75) is 18.4 Å². The van der Waals surface area contributed by atoms with Gasteiger partial charge in [-0.1, -0.05) is 37.3 Å². The van der Waals surface area contributed by atoms with Crippen LogP contribution in [0.25, 0.3) is 0 Å². The number of hydrogen-bond donors (Lipinski definition) is 1. The molecule has 3 unspecified atom stereocenters. The minimum atomic E-state index is 0.130. The molecular weight excluding hydrogens is 174 g/mol. The average Bonchev–Trinajstić information content (AvgIpc) is 2.85. The molecule has 0 aliphatic heterocycles. The maximum absolute atomic E-state index is 5.73. The second-order valence-electron chi connectivity index (χ2n) is 4.15. The van der Waals surface area contributed by atoms with Crippen molar-refractivity contribution in [2.24, 2.45) is 11.7 Å². The van der Waals surface area contributed by atoms with E-state index in [0.29, 0.717) is 12.5 Å². The SMILES string of the molecule is COC1C(CN)C1(C)c1ccccc1. The lowest BCUT2D eigenvalue weighted by Crippen LogP contribution is -2.11. The molecule has 1 aliphatic rings. The predicted molar refractivity (Wildman–Crippen MR) is 57.1 cm³/mol. The minimum Gasteiger partial charge on any atom is -0.380 e. The third kappa shape index (κ3) is 1.18. The van der Waals surface area contributed by atoms with Crippen molar-refractivity contribution >= 4 is 0 Å². The first-order valence-electron chi connectivity index (χ1n) is 5.03. The molecule has 2 nitrogen and oxygen atoms in total. The fourth-order valence-electron chi connectivity index (χ4n) is 2.51. The maximum atomic E-state index is 5.73. The van der Waals surface area contributed by atoms with Gasteiger partial charge in [-0.3, -0.25) is 0 Å². The van der Waals surface area contributed by atoms with Crippen LogP contribution in [0.3, 0.4) is 0 Å². The van der Waals surface area contributed by atoms with Crippen LogP contribution in [0, 0.1) is 5.92 Å². The molecule has 2 N–H and O–H groups in total. The second-order valence-corrected chi connectivity index (χ2v) is 4.15. The van der Waals surface area contributed by atoms with Crippen LogP contribution in [0.4, 0.5) is 0 Å². The predicted octanol–water partition coefficient (Wildman–Crippen LogP) is 1.55. The third-order valence-electron chi connectivity index (χ3n) is 3.52. The van der Waals surface area contributed by atoms with Crippen molar-refractivity contribution in [3.05, 3.63) is 35.9 Å². The van der Waals surface area contributed by atoms with Gasteiger partial charge in [-0.25, -0.2) is 0 Å². The lowest BCUT2D eigenvalue weighted by atomic mass is 9.95. The Morgan fingerprint density at radius 3 is 2.43 bits per heavy atom. The summed E-state index contributed by atoms with van der Waals surface area (Å²) in [7, 11) is 1.77. The zero-order valence-corrected chi connectivity index (χ0v) is 8.73. The average molecular weight is 191 g/mol. The molecule has 1 aliphatic carbocycles. The van der Waals surface area contributed by atoms with Crippen molar-refractivity contribution in [2.75, 3.05) is 13.7 Å². The minimum absolute atomic E-state index is 0.130. The van der Waals surface area contributed by atoms with Gasteiger partial charge < -0.3 is 10.5 Å². The molecule has 1 saturated carbocycles. The van der Waals surface area contributed by atoms with Gasteiger partial charge in [0.1, 0.15) is 0 Å². The highest BCUT2D eigenvalue weighted by atomic mass is 16.5. The molecule has 1 aromatic carbocycles. The van der Waals surface area contributed by atoms with Gasteiger partial charge in [0.05, 0.1) is 6.10 Å². The van der Waals surface area contributed by atoms with Crippen LogP contribution in [0.1, 0.15) is 12.5 Å². The van der Waals surface area contributed by atoms with Gasteiger partial charge in [-0.05, 0) is 12.1 Å². The first-order chi connectivity index (χ1) is 6.75. The van der Waals surface area contributed by atoms with E-state index < -0.39 is 0 Å². The molecule has 0 radical (unpaired) electrons. The van der Waals surface area contributed by atoms with E-state index in [1.54, 1.807) is 7.11 Å². The molecule has 0 saturated heterocycles. The number of rotatable bonds is 3. The van der Waals surface area contributed by atoms with E-state index in [0.717, 1.165) is 0 Å². The fraction of sp³-hybridized carbons (Fsp3) is 0.500. The van der Waals surface area contributed by atoms with Crippen LogP contribution < -0.4 is 5.73 Å². The highest BCUT2D eigenvalue weighted by Crippen LogP contribution is 2.55. The Morgan fingerprint density at radius 1 is 1.36 bits per heavy atom. The fourth-order valence-corrected chi connectivity index (χ4v) is 2.51. The lowest BCUT2D eigenvalue weighted by Gasteiger charge is -2.11. The Kier molecular flexibility index (Phi) is 2.33. The van der Waals surface area contributed by atoms with Crippen LogP contribution >= 0.6 is 0 Å². The summed E-state index contributed by atoms with van der Waals surface area (Å²) in [6.07, 6.45) is 0.287. The Hall–Kier alpha value is -0.860. The van der Waals surface area contributed by atoms with Gasteiger partial charge >= 0.3 is 0 Å². The molecule has 0 spiro atoms. The Balaban J connectivity index is 2.27. The summed E-state index contributed by atoms with van der Waals surface area (Å²) in [4.78, 5) is 0. The Labute approximate surface area is 85.1 Å². The number of methoxy groups -OCH3 is 1. The highest BCUT2D eigenvalue weighted by molar-refractivity contribution is 5.37. The van der Waals surface area contributed by atoms with Crippen LogP contribution in [0.2, 0.25) is 0 Å². The molecule has 0 aromatic heterocycles. The van der Waals surface area contributed by atoms with Crippen molar-refractivity contribution in [3.63, 3.8) is 0 Å². The van der Waals surface area contributed by atoms with E-state index in [2.05, 4.69) is 31.2 Å². The molecule has 0 heterocycles. The summed E-state index contributed by atoms with van der Waals surface area (Å²) < 4.78 is 5.45. The second kappa shape index (κ2) is 3.37. The molecule has 2 rings (SSSR count). The Bertz CT molecular complexity index is 299. The summed E-state index contributed by atoms with van der Waals surface area (Å²) in [5, 5.41) is 0. The molecule has 1 fully saturated rings. The van der Waals surface area contributed by atoms with Gasteiger partial charge in [0.25, 0.3) is 0 Å². The zero-order chi connectivity index (χ0) is 10.2. The molecule has 14 heavy (non-hydrogen) atoms. The molecule has 0 bridgehead atoms. The van der Waals surface area contributed by atoms with Gasteiger partial charge in [0.2, 0.25) is 0 Å². The monoisotopic (exact) mass is 191 g/mol. The van der Waals surface area contributed by atoms with Crippen LogP contribution in [-0.2, 0) is 10.2 Å². The van der Waals surface area contributed by atoms with E-state index in [-0.39, 0.29) is 11.5 Å². The van der Waals surface area contributed by atoms with Gasteiger partial charge in [-0.2, -0.15) is 0 Å². The van der Waals surface area contributed by atoms with Crippen molar-refractivity contribution in [1.29, 1.82) is 0 Å².